The lowest BCUT2D eigenvalue weighted by Gasteiger charge is -2.47. The Morgan fingerprint density at radius 3 is 2.30 bits per heavy atom. The highest BCUT2D eigenvalue weighted by Gasteiger charge is 2.38. The largest absolute Gasteiger partial charge is 0.463 e. The minimum atomic E-state index is -0.110. The van der Waals surface area contributed by atoms with Crippen LogP contribution in [0.2, 0.25) is 0 Å². The van der Waals surface area contributed by atoms with Crippen LogP contribution < -0.4 is 5.32 Å². The van der Waals surface area contributed by atoms with Gasteiger partial charge in [0.2, 0.25) is 0 Å². The van der Waals surface area contributed by atoms with Crippen LogP contribution in [0.3, 0.4) is 0 Å². The number of ether oxygens (including phenoxy) is 1. The van der Waals surface area contributed by atoms with Gasteiger partial charge in [-0.05, 0) is 46.4 Å². The first kappa shape index (κ1) is 15.5. The predicted octanol–water partition coefficient (Wildman–Crippen LogP) is 2.78. The van der Waals surface area contributed by atoms with E-state index in [1.165, 1.54) is 0 Å². The molecule has 1 aromatic rings. The molecule has 0 radical (unpaired) electrons. The molecule has 1 fully saturated rings. The fourth-order valence-corrected chi connectivity index (χ4v) is 3.13. The van der Waals surface area contributed by atoms with E-state index in [9.17, 15) is 0 Å². The molecule has 0 amide bonds. The Balaban J connectivity index is 1.97. The second kappa shape index (κ2) is 5.88. The topological polar surface area (TPSA) is 37.6 Å². The Bertz CT molecular complexity index is 421. The van der Waals surface area contributed by atoms with Gasteiger partial charge in [-0.3, -0.25) is 4.90 Å². The average Bonchev–Trinajstić information content (AvgIpc) is 2.69. The monoisotopic (exact) mass is 280 g/mol. The average molecular weight is 280 g/mol. The molecule has 1 aromatic heterocycles. The second-order valence-electron chi connectivity index (χ2n) is 6.91. The lowest BCUT2D eigenvalue weighted by molar-refractivity contribution is -0.182. The van der Waals surface area contributed by atoms with E-state index in [4.69, 9.17) is 9.15 Å². The molecule has 1 aliphatic rings. The van der Waals surface area contributed by atoms with Crippen molar-refractivity contribution in [1.29, 1.82) is 0 Å². The number of nitrogens with one attached hydrogen (secondary N) is 1. The van der Waals surface area contributed by atoms with Crippen molar-refractivity contribution in [3.8, 4) is 0 Å². The van der Waals surface area contributed by atoms with Crippen molar-refractivity contribution in [2.24, 2.45) is 0 Å². The van der Waals surface area contributed by atoms with Gasteiger partial charge in [0.05, 0.1) is 24.3 Å². The SMILES string of the molecule is CCNCc1ccc(CN2CC(C)(C)OC(C)(C)C2)o1. The summed E-state index contributed by atoms with van der Waals surface area (Å²) in [4.78, 5) is 2.42. The van der Waals surface area contributed by atoms with Crippen LogP contribution in [0.1, 0.15) is 46.1 Å². The summed E-state index contributed by atoms with van der Waals surface area (Å²) in [5, 5.41) is 3.28. The smallest absolute Gasteiger partial charge is 0.118 e. The van der Waals surface area contributed by atoms with E-state index < -0.39 is 0 Å². The zero-order valence-corrected chi connectivity index (χ0v) is 13.5. The van der Waals surface area contributed by atoms with Gasteiger partial charge >= 0.3 is 0 Å². The van der Waals surface area contributed by atoms with E-state index in [0.717, 1.165) is 44.2 Å². The summed E-state index contributed by atoms with van der Waals surface area (Å²) in [6.45, 7) is 15.2. The highest BCUT2D eigenvalue weighted by atomic mass is 16.5. The predicted molar refractivity (Wildman–Crippen MR) is 80.6 cm³/mol. The Morgan fingerprint density at radius 1 is 1.10 bits per heavy atom. The molecular weight excluding hydrogens is 252 g/mol. The lowest BCUT2D eigenvalue weighted by atomic mass is 9.99. The highest BCUT2D eigenvalue weighted by molar-refractivity contribution is 5.07. The maximum absolute atomic E-state index is 6.11. The molecule has 0 unspecified atom stereocenters. The summed E-state index contributed by atoms with van der Waals surface area (Å²) in [6, 6.07) is 4.15. The molecular formula is C16H28N2O2. The molecule has 2 heterocycles. The molecule has 0 bridgehead atoms. The number of hydrogen-bond donors (Lipinski definition) is 1. The van der Waals surface area contributed by atoms with Crippen LogP contribution in [0.15, 0.2) is 16.5 Å². The molecule has 4 heteroatoms. The first-order valence-corrected chi connectivity index (χ1v) is 7.50. The lowest BCUT2D eigenvalue weighted by Crippen LogP contribution is -2.56. The van der Waals surface area contributed by atoms with E-state index in [-0.39, 0.29) is 11.2 Å². The molecule has 2 rings (SSSR count). The highest BCUT2D eigenvalue weighted by Crippen LogP contribution is 2.29. The fourth-order valence-electron chi connectivity index (χ4n) is 3.13. The van der Waals surface area contributed by atoms with Crippen LogP contribution in [-0.2, 0) is 17.8 Å². The fraction of sp³-hybridized carbons (Fsp3) is 0.750. The Hall–Kier alpha value is -0.840. The minimum absolute atomic E-state index is 0.110. The van der Waals surface area contributed by atoms with Crippen molar-refractivity contribution < 1.29 is 9.15 Å². The number of morpholine rings is 1. The van der Waals surface area contributed by atoms with Crippen LogP contribution in [-0.4, -0.2) is 35.7 Å². The third-order valence-electron chi connectivity index (χ3n) is 3.41. The van der Waals surface area contributed by atoms with E-state index in [1.807, 2.05) is 0 Å². The van der Waals surface area contributed by atoms with Crippen molar-refractivity contribution in [3.63, 3.8) is 0 Å². The summed E-state index contributed by atoms with van der Waals surface area (Å²) in [6.07, 6.45) is 0. The van der Waals surface area contributed by atoms with Crippen LogP contribution in [0.5, 0.6) is 0 Å². The molecule has 4 nitrogen and oxygen atoms in total. The molecule has 0 atom stereocenters. The summed E-state index contributed by atoms with van der Waals surface area (Å²) < 4.78 is 12.0. The van der Waals surface area contributed by atoms with Crippen molar-refractivity contribution in [2.75, 3.05) is 19.6 Å². The number of furan rings is 1. The van der Waals surface area contributed by atoms with Crippen molar-refractivity contribution >= 4 is 0 Å². The van der Waals surface area contributed by atoms with Gasteiger partial charge in [0, 0.05) is 13.1 Å². The molecule has 1 saturated heterocycles. The van der Waals surface area contributed by atoms with Gasteiger partial charge in [0.1, 0.15) is 11.5 Å². The summed E-state index contributed by atoms with van der Waals surface area (Å²) >= 11 is 0. The minimum Gasteiger partial charge on any atom is -0.463 e. The zero-order valence-electron chi connectivity index (χ0n) is 13.5. The maximum atomic E-state index is 6.11. The summed E-state index contributed by atoms with van der Waals surface area (Å²) in [5.74, 6) is 2.04. The molecule has 0 aromatic carbocycles. The molecule has 0 spiro atoms. The van der Waals surface area contributed by atoms with E-state index in [2.05, 4.69) is 57.0 Å². The normalized spacial score (nSPS) is 22.1. The molecule has 20 heavy (non-hydrogen) atoms. The second-order valence-corrected chi connectivity index (χ2v) is 6.91. The van der Waals surface area contributed by atoms with Gasteiger partial charge in [0.25, 0.3) is 0 Å². The summed E-state index contributed by atoms with van der Waals surface area (Å²) in [7, 11) is 0. The molecule has 1 aliphatic heterocycles. The zero-order chi connectivity index (χ0) is 14.8. The number of hydrogen-bond acceptors (Lipinski definition) is 4. The van der Waals surface area contributed by atoms with E-state index in [1.54, 1.807) is 0 Å². The Labute approximate surface area is 122 Å². The molecule has 114 valence electrons. The van der Waals surface area contributed by atoms with Gasteiger partial charge < -0.3 is 14.5 Å². The van der Waals surface area contributed by atoms with Crippen LogP contribution >= 0.6 is 0 Å². The summed E-state index contributed by atoms with van der Waals surface area (Å²) in [5.41, 5.74) is -0.220. The third-order valence-corrected chi connectivity index (χ3v) is 3.41. The molecule has 1 N–H and O–H groups in total. The standard InChI is InChI=1S/C16H28N2O2/c1-6-17-9-13-7-8-14(19-13)10-18-11-15(2,3)20-16(4,5)12-18/h7-8,17H,6,9-12H2,1-5H3. The third kappa shape index (κ3) is 4.33. The van der Waals surface area contributed by atoms with Gasteiger partial charge in [0.15, 0.2) is 0 Å². The van der Waals surface area contributed by atoms with Gasteiger partial charge in [-0.1, -0.05) is 6.92 Å². The quantitative estimate of drug-likeness (QED) is 0.900. The Kier molecular flexibility index (Phi) is 4.57. The first-order chi connectivity index (χ1) is 9.30. The first-order valence-electron chi connectivity index (χ1n) is 7.50. The maximum Gasteiger partial charge on any atom is 0.118 e. The van der Waals surface area contributed by atoms with Gasteiger partial charge in [-0.2, -0.15) is 0 Å². The van der Waals surface area contributed by atoms with Crippen molar-refractivity contribution in [3.05, 3.63) is 23.7 Å². The number of rotatable bonds is 5. The van der Waals surface area contributed by atoms with Crippen LogP contribution in [0.4, 0.5) is 0 Å². The van der Waals surface area contributed by atoms with Crippen molar-refractivity contribution in [1.82, 2.24) is 10.2 Å². The van der Waals surface area contributed by atoms with E-state index in [0.29, 0.717) is 0 Å². The molecule has 0 saturated carbocycles. The van der Waals surface area contributed by atoms with Crippen LogP contribution in [0.25, 0.3) is 0 Å². The van der Waals surface area contributed by atoms with Crippen LogP contribution in [0, 0.1) is 0 Å². The Morgan fingerprint density at radius 2 is 1.70 bits per heavy atom. The van der Waals surface area contributed by atoms with E-state index >= 15 is 0 Å². The van der Waals surface area contributed by atoms with Gasteiger partial charge in [-0.25, -0.2) is 0 Å². The van der Waals surface area contributed by atoms with Gasteiger partial charge in [-0.15, -0.1) is 0 Å². The number of nitrogens with zero attached hydrogens (tertiary/aromatic N) is 1. The van der Waals surface area contributed by atoms with Crippen molar-refractivity contribution in [2.45, 2.75) is 58.9 Å². The molecule has 0 aliphatic carbocycles.